The van der Waals surface area contributed by atoms with Crippen LogP contribution in [0.3, 0.4) is 0 Å². The van der Waals surface area contributed by atoms with Gasteiger partial charge in [0.2, 0.25) is 0 Å². The Balaban J connectivity index is 2.19. The Kier molecular flexibility index (Phi) is 2.79. The van der Waals surface area contributed by atoms with Gasteiger partial charge in [0.25, 0.3) is 0 Å². The van der Waals surface area contributed by atoms with Crippen molar-refractivity contribution in [3.63, 3.8) is 0 Å². The van der Waals surface area contributed by atoms with Crippen LogP contribution in [-0.2, 0) is 0 Å². The number of allylic oxidation sites excluding steroid dienone is 3. The van der Waals surface area contributed by atoms with Crippen LogP contribution in [0.4, 0.5) is 0 Å². The second-order valence-corrected chi connectivity index (χ2v) is 6.01. The van der Waals surface area contributed by atoms with Crippen LogP contribution < -0.4 is 0 Å². The summed E-state index contributed by atoms with van der Waals surface area (Å²) in [6.45, 7) is 11.2. The van der Waals surface area contributed by atoms with Crippen molar-refractivity contribution in [1.29, 1.82) is 0 Å². The summed E-state index contributed by atoms with van der Waals surface area (Å²) in [6.07, 6.45) is 9.30. The summed E-state index contributed by atoms with van der Waals surface area (Å²) in [5, 5.41) is 0. The average molecular weight is 204 g/mol. The van der Waals surface area contributed by atoms with Crippen LogP contribution in [0.25, 0.3) is 0 Å². The largest absolute Gasteiger partial charge is 0.0999 e. The molecule has 15 heavy (non-hydrogen) atoms. The molecule has 0 bridgehead atoms. The van der Waals surface area contributed by atoms with E-state index in [1.165, 1.54) is 37.7 Å². The first-order chi connectivity index (χ1) is 7.03. The van der Waals surface area contributed by atoms with E-state index in [0.717, 1.165) is 11.8 Å². The standard InChI is InChI=1S/C15H24/c1-11(2)13-7-9-15(4)8-5-6-12(3)14(15)10-13/h6,13-14H,1,5,7-10H2,2-4H3/t13?,14-,15-/m1/s1. The van der Waals surface area contributed by atoms with Gasteiger partial charge in [-0.15, -0.1) is 0 Å². The fourth-order valence-corrected chi connectivity index (χ4v) is 3.62. The normalized spacial score (nSPS) is 40.6. The molecular formula is C15H24. The zero-order chi connectivity index (χ0) is 11.1. The molecule has 84 valence electrons. The maximum absolute atomic E-state index is 4.14. The highest BCUT2D eigenvalue weighted by molar-refractivity contribution is 5.16. The molecule has 2 aliphatic carbocycles. The van der Waals surface area contributed by atoms with Gasteiger partial charge in [0.1, 0.15) is 0 Å². The fraction of sp³-hybridized carbons (Fsp3) is 0.733. The SMILES string of the molecule is C=C(C)C1CC[C@@]2(C)CCC=C(C)[C@H]2C1. The van der Waals surface area contributed by atoms with Crippen LogP contribution in [0.2, 0.25) is 0 Å². The predicted molar refractivity (Wildman–Crippen MR) is 66.7 cm³/mol. The van der Waals surface area contributed by atoms with Crippen LogP contribution in [-0.4, -0.2) is 0 Å². The lowest BCUT2D eigenvalue weighted by Gasteiger charge is -2.47. The van der Waals surface area contributed by atoms with Gasteiger partial charge in [0.05, 0.1) is 0 Å². The Morgan fingerprint density at radius 2 is 2.20 bits per heavy atom. The van der Waals surface area contributed by atoms with E-state index in [2.05, 4.69) is 33.4 Å². The van der Waals surface area contributed by atoms with E-state index >= 15 is 0 Å². The van der Waals surface area contributed by atoms with Crippen molar-refractivity contribution in [2.24, 2.45) is 17.3 Å². The summed E-state index contributed by atoms with van der Waals surface area (Å²) in [6, 6.07) is 0. The number of fused-ring (bicyclic) bond motifs is 1. The third-order valence-corrected chi connectivity index (χ3v) is 4.85. The minimum Gasteiger partial charge on any atom is -0.0999 e. The van der Waals surface area contributed by atoms with E-state index in [1.807, 2.05) is 0 Å². The van der Waals surface area contributed by atoms with Gasteiger partial charge in [-0.2, -0.15) is 0 Å². The quantitative estimate of drug-likeness (QED) is 0.542. The highest BCUT2D eigenvalue weighted by Gasteiger charge is 2.41. The first-order valence-electron chi connectivity index (χ1n) is 6.35. The minimum atomic E-state index is 0.602. The van der Waals surface area contributed by atoms with E-state index < -0.39 is 0 Å². The zero-order valence-corrected chi connectivity index (χ0v) is 10.5. The van der Waals surface area contributed by atoms with Crippen LogP contribution in [0.5, 0.6) is 0 Å². The lowest BCUT2D eigenvalue weighted by Crippen LogP contribution is -2.37. The van der Waals surface area contributed by atoms with Gasteiger partial charge in [0.15, 0.2) is 0 Å². The average Bonchev–Trinajstić information content (AvgIpc) is 2.17. The molecule has 0 N–H and O–H groups in total. The van der Waals surface area contributed by atoms with Crippen molar-refractivity contribution in [3.05, 3.63) is 23.8 Å². The van der Waals surface area contributed by atoms with E-state index in [0.29, 0.717) is 5.41 Å². The van der Waals surface area contributed by atoms with Crippen molar-refractivity contribution in [2.75, 3.05) is 0 Å². The topological polar surface area (TPSA) is 0 Å². The summed E-state index contributed by atoms with van der Waals surface area (Å²) in [7, 11) is 0. The first kappa shape index (κ1) is 11.0. The molecule has 0 radical (unpaired) electrons. The van der Waals surface area contributed by atoms with Gasteiger partial charge < -0.3 is 0 Å². The molecule has 3 atom stereocenters. The molecular weight excluding hydrogens is 180 g/mol. The molecule has 2 rings (SSSR count). The molecule has 0 saturated heterocycles. The monoisotopic (exact) mass is 204 g/mol. The Bertz CT molecular complexity index is 297. The molecule has 0 heterocycles. The van der Waals surface area contributed by atoms with Gasteiger partial charge in [-0.1, -0.05) is 30.7 Å². The summed E-state index contributed by atoms with van der Waals surface area (Å²) in [5.41, 5.74) is 3.65. The third-order valence-electron chi connectivity index (χ3n) is 4.85. The molecule has 0 aromatic carbocycles. The lowest BCUT2D eigenvalue weighted by molar-refractivity contribution is 0.0981. The molecule has 0 aromatic heterocycles. The Labute approximate surface area is 94.5 Å². The molecule has 0 heteroatoms. The number of rotatable bonds is 1. The summed E-state index contributed by atoms with van der Waals surface area (Å²) >= 11 is 0. The molecule has 0 aliphatic heterocycles. The maximum atomic E-state index is 4.14. The molecule has 0 nitrogen and oxygen atoms in total. The predicted octanol–water partition coefficient (Wildman–Crippen LogP) is 4.73. The summed E-state index contributed by atoms with van der Waals surface area (Å²) < 4.78 is 0. The van der Waals surface area contributed by atoms with Crippen molar-refractivity contribution < 1.29 is 0 Å². The molecule has 0 amide bonds. The van der Waals surface area contributed by atoms with Crippen molar-refractivity contribution in [2.45, 2.75) is 52.9 Å². The molecule has 0 spiro atoms. The molecule has 1 fully saturated rings. The van der Waals surface area contributed by atoms with E-state index in [9.17, 15) is 0 Å². The highest BCUT2D eigenvalue weighted by Crippen LogP contribution is 2.52. The Hall–Kier alpha value is -0.520. The highest BCUT2D eigenvalue weighted by atomic mass is 14.5. The number of hydrogen-bond donors (Lipinski definition) is 0. The fourth-order valence-electron chi connectivity index (χ4n) is 3.62. The second-order valence-electron chi connectivity index (χ2n) is 6.01. The van der Waals surface area contributed by atoms with E-state index in [-0.39, 0.29) is 0 Å². The van der Waals surface area contributed by atoms with Crippen molar-refractivity contribution in [1.82, 2.24) is 0 Å². The molecule has 1 saturated carbocycles. The first-order valence-corrected chi connectivity index (χ1v) is 6.35. The smallest absolute Gasteiger partial charge is 0.0146 e. The maximum Gasteiger partial charge on any atom is -0.0146 e. The van der Waals surface area contributed by atoms with E-state index in [4.69, 9.17) is 0 Å². The third kappa shape index (κ3) is 1.91. The van der Waals surface area contributed by atoms with Gasteiger partial charge in [-0.3, -0.25) is 0 Å². The second kappa shape index (κ2) is 3.81. The summed E-state index contributed by atoms with van der Waals surface area (Å²) in [5.74, 6) is 1.62. The van der Waals surface area contributed by atoms with Crippen LogP contribution in [0.15, 0.2) is 23.8 Å². The van der Waals surface area contributed by atoms with Gasteiger partial charge in [-0.05, 0) is 63.2 Å². The minimum absolute atomic E-state index is 0.602. The Morgan fingerprint density at radius 1 is 1.47 bits per heavy atom. The van der Waals surface area contributed by atoms with Crippen LogP contribution in [0, 0.1) is 17.3 Å². The van der Waals surface area contributed by atoms with Crippen LogP contribution >= 0.6 is 0 Å². The Morgan fingerprint density at radius 3 is 2.87 bits per heavy atom. The molecule has 0 aromatic rings. The molecule has 2 aliphatic rings. The van der Waals surface area contributed by atoms with Gasteiger partial charge in [0, 0.05) is 0 Å². The van der Waals surface area contributed by atoms with Gasteiger partial charge in [-0.25, -0.2) is 0 Å². The van der Waals surface area contributed by atoms with Crippen molar-refractivity contribution >= 4 is 0 Å². The van der Waals surface area contributed by atoms with Crippen LogP contribution in [0.1, 0.15) is 52.9 Å². The summed E-state index contributed by atoms with van der Waals surface area (Å²) in [4.78, 5) is 0. The van der Waals surface area contributed by atoms with Crippen molar-refractivity contribution in [3.8, 4) is 0 Å². The molecule has 1 unspecified atom stereocenters. The van der Waals surface area contributed by atoms with Gasteiger partial charge >= 0.3 is 0 Å². The van der Waals surface area contributed by atoms with E-state index in [1.54, 1.807) is 5.57 Å². The lowest BCUT2D eigenvalue weighted by atomic mass is 9.57. The number of hydrogen-bond acceptors (Lipinski definition) is 0. The zero-order valence-electron chi connectivity index (χ0n) is 10.5.